The predicted molar refractivity (Wildman–Crippen MR) is 83.6 cm³/mol. The lowest BCUT2D eigenvalue weighted by molar-refractivity contribution is 0.171. The van der Waals surface area contributed by atoms with E-state index in [1.807, 2.05) is 0 Å². The van der Waals surface area contributed by atoms with Crippen molar-refractivity contribution in [1.29, 1.82) is 0 Å². The molecule has 1 rings (SSSR count). The van der Waals surface area contributed by atoms with E-state index in [1.54, 1.807) is 0 Å². The van der Waals surface area contributed by atoms with Crippen molar-refractivity contribution in [3.05, 3.63) is 17.5 Å². The number of aromatic nitrogens is 1. The Kier molecular flexibility index (Phi) is 8.54. The molecule has 0 aromatic carbocycles. The Morgan fingerprint density at radius 2 is 2.10 bits per heavy atom. The predicted octanol–water partition coefficient (Wildman–Crippen LogP) is 3.57. The van der Waals surface area contributed by atoms with Gasteiger partial charge in [0.1, 0.15) is 0 Å². The summed E-state index contributed by atoms with van der Waals surface area (Å²) in [5.41, 5.74) is 1.01. The zero-order chi connectivity index (χ0) is 14.8. The van der Waals surface area contributed by atoms with Crippen molar-refractivity contribution in [3.63, 3.8) is 0 Å². The number of nitrogens with zero attached hydrogens (tertiary/aromatic N) is 2. The minimum Gasteiger partial charge on any atom is -0.360 e. The van der Waals surface area contributed by atoms with Gasteiger partial charge in [0, 0.05) is 18.7 Å². The van der Waals surface area contributed by atoms with Crippen LogP contribution in [0.5, 0.6) is 0 Å². The Balaban J connectivity index is 2.50. The van der Waals surface area contributed by atoms with Crippen LogP contribution in [0.4, 0.5) is 0 Å². The van der Waals surface area contributed by atoms with E-state index in [-0.39, 0.29) is 0 Å². The van der Waals surface area contributed by atoms with Gasteiger partial charge in [0.15, 0.2) is 5.76 Å². The van der Waals surface area contributed by atoms with Gasteiger partial charge in [0.25, 0.3) is 0 Å². The highest BCUT2D eigenvalue weighted by Crippen LogP contribution is 2.13. The van der Waals surface area contributed by atoms with Gasteiger partial charge in [-0.25, -0.2) is 0 Å². The zero-order valence-electron chi connectivity index (χ0n) is 13.6. The quantitative estimate of drug-likeness (QED) is 0.630. The van der Waals surface area contributed by atoms with Gasteiger partial charge in [-0.3, -0.25) is 4.90 Å². The van der Waals surface area contributed by atoms with Crippen LogP contribution < -0.4 is 5.32 Å². The minimum absolute atomic E-state index is 0.591. The molecule has 1 heterocycles. The summed E-state index contributed by atoms with van der Waals surface area (Å²) in [6, 6.07) is 2.68. The van der Waals surface area contributed by atoms with E-state index < -0.39 is 0 Å². The summed E-state index contributed by atoms with van der Waals surface area (Å²) in [5.74, 6) is 0.981. The maximum Gasteiger partial charge on any atom is 0.151 e. The molecule has 0 aliphatic rings. The van der Waals surface area contributed by atoms with Crippen LogP contribution in [-0.2, 0) is 13.1 Å². The fraction of sp³-hybridized carbons (Fsp3) is 0.812. The molecular weight excluding hydrogens is 250 g/mol. The molecule has 0 spiro atoms. The van der Waals surface area contributed by atoms with Crippen LogP contribution in [0.25, 0.3) is 0 Å². The first-order valence-electron chi connectivity index (χ1n) is 8.10. The van der Waals surface area contributed by atoms with Crippen molar-refractivity contribution in [3.8, 4) is 0 Å². The average Bonchev–Trinajstić information content (AvgIpc) is 2.90. The van der Waals surface area contributed by atoms with Gasteiger partial charge in [0.05, 0.1) is 12.2 Å². The summed E-state index contributed by atoms with van der Waals surface area (Å²) in [6.07, 6.45) is 4.78. The number of hydrogen-bond acceptors (Lipinski definition) is 4. The number of unbranched alkanes of at least 4 members (excludes halogenated alkanes) is 1. The normalized spacial score (nSPS) is 13.1. The summed E-state index contributed by atoms with van der Waals surface area (Å²) in [7, 11) is 0. The van der Waals surface area contributed by atoms with Gasteiger partial charge >= 0.3 is 0 Å². The van der Waals surface area contributed by atoms with Gasteiger partial charge in [-0.05, 0) is 39.3 Å². The molecule has 1 N–H and O–H groups in total. The lowest BCUT2D eigenvalue weighted by Gasteiger charge is -2.27. The molecule has 4 nitrogen and oxygen atoms in total. The maximum absolute atomic E-state index is 5.47. The van der Waals surface area contributed by atoms with Crippen molar-refractivity contribution in [2.24, 2.45) is 0 Å². The molecule has 1 aromatic rings. The molecule has 20 heavy (non-hydrogen) atoms. The van der Waals surface area contributed by atoms with Gasteiger partial charge in [-0.1, -0.05) is 32.3 Å². The molecule has 0 aliphatic heterocycles. The Morgan fingerprint density at radius 3 is 2.75 bits per heavy atom. The highest BCUT2D eigenvalue weighted by Gasteiger charge is 2.14. The Morgan fingerprint density at radius 1 is 1.30 bits per heavy atom. The van der Waals surface area contributed by atoms with Crippen LogP contribution >= 0.6 is 0 Å². The van der Waals surface area contributed by atoms with Crippen molar-refractivity contribution in [2.75, 3.05) is 13.1 Å². The van der Waals surface area contributed by atoms with Gasteiger partial charge in [0.2, 0.25) is 0 Å². The van der Waals surface area contributed by atoms with Crippen molar-refractivity contribution < 1.29 is 4.52 Å². The summed E-state index contributed by atoms with van der Waals surface area (Å²) in [6.45, 7) is 12.8. The average molecular weight is 281 g/mol. The molecule has 0 saturated heterocycles. The van der Waals surface area contributed by atoms with Gasteiger partial charge < -0.3 is 9.84 Å². The molecule has 1 unspecified atom stereocenters. The second-order valence-corrected chi connectivity index (χ2v) is 5.54. The fourth-order valence-electron chi connectivity index (χ4n) is 2.18. The van der Waals surface area contributed by atoms with Crippen LogP contribution in [0.2, 0.25) is 0 Å². The van der Waals surface area contributed by atoms with Crippen LogP contribution in [0.1, 0.15) is 64.8 Å². The molecule has 1 atom stereocenters. The lowest BCUT2D eigenvalue weighted by Crippen LogP contribution is -2.32. The maximum atomic E-state index is 5.47. The largest absolute Gasteiger partial charge is 0.360 e. The van der Waals surface area contributed by atoms with E-state index in [0.717, 1.165) is 44.1 Å². The van der Waals surface area contributed by atoms with E-state index in [4.69, 9.17) is 4.52 Å². The monoisotopic (exact) mass is 281 g/mol. The van der Waals surface area contributed by atoms with Gasteiger partial charge in [-0.15, -0.1) is 0 Å². The smallest absolute Gasteiger partial charge is 0.151 e. The molecule has 0 radical (unpaired) electrons. The van der Waals surface area contributed by atoms with E-state index >= 15 is 0 Å². The molecule has 116 valence electrons. The molecular formula is C16H31N3O. The third-order valence-electron chi connectivity index (χ3n) is 3.71. The molecule has 0 bridgehead atoms. The molecule has 4 heteroatoms. The number of hydrogen-bond donors (Lipinski definition) is 1. The summed E-state index contributed by atoms with van der Waals surface area (Å²) in [4.78, 5) is 2.49. The third kappa shape index (κ3) is 6.06. The van der Waals surface area contributed by atoms with Crippen LogP contribution in [-0.4, -0.2) is 29.2 Å². The molecule has 1 aromatic heterocycles. The number of rotatable bonds is 11. The van der Waals surface area contributed by atoms with Crippen LogP contribution in [0, 0.1) is 0 Å². The van der Waals surface area contributed by atoms with Crippen LogP contribution in [0.3, 0.4) is 0 Å². The second-order valence-electron chi connectivity index (χ2n) is 5.54. The zero-order valence-corrected chi connectivity index (χ0v) is 13.6. The summed E-state index contributed by atoms with van der Waals surface area (Å²) >= 11 is 0. The van der Waals surface area contributed by atoms with E-state index in [2.05, 4.69) is 49.1 Å². The Bertz CT molecular complexity index is 351. The van der Waals surface area contributed by atoms with Gasteiger partial charge in [-0.2, -0.15) is 0 Å². The Labute approximate surface area is 123 Å². The molecule has 0 fully saturated rings. The second kappa shape index (κ2) is 9.94. The number of nitrogens with one attached hydrogen (secondary N) is 1. The highest BCUT2D eigenvalue weighted by molar-refractivity contribution is 5.05. The topological polar surface area (TPSA) is 41.3 Å². The fourth-order valence-corrected chi connectivity index (χ4v) is 2.18. The lowest BCUT2D eigenvalue weighted by atomic mass is 10.2. The first kappa shape index (κ1) is 17.2. The first-order chi connectivity index (χ1) is 9.71. The van der Waals surface area contributed by atoms with E-state index in [9.17, 15) is 0 Å². The van der Waals surface area contributed by atoms with E-state index in [1.165, 1.54) is 19.3 Å². The van der Waals surface area contributed by atoms with Crippen molar-refractivity contribution >= 4 is 0 Å². The van der Waals surface area contributed by atoms with Crippen molar-refractivity contribution in [2.45, 2.75) is 72.5 Å². The van der Waals surface area contributed by atoms with Crippen LogP contribution in [0.15, 0.2) is 10.6 Å². The van der Waals surface area contributed by atoms with Crippen molar-refractivity contribution in [1.82, 2.24) is 15.4 Å². The summed E-state index contributed by atoms with van der Waals surface area (Å²) in [5, 5.41) is 7.49. The standard InChI is InChI=1S/C16H31N3O/c1-5-8-10-19(14(4)7-3)13-16-11-15(18-20-16)12-17-9-6-2/h11,14,17H,5-10,12-13H2,1-4H3. The summed E-state index contributed by atoms with van der Waals surface area (Å²) < 4.78 is 5.47. The SMILES string of the molecule is CCCCN(Cc1cc(CNCCC)no1)C(C)CC. The third-order valence-corrected chi connectivity index (χ3v) is 3.71. The minimum atomic E-state index is 0.591. The Hall–Kier alpha value is -0.870. The molecule has 0 saturated carbocycles. The van der Waals surface area contributed by atoms with E-state index in [0.29, 0.717) is 6.04 Å². The molecule has 0 aliphatic carbocycles. The molecule has 0 amide bonds. The highest BCUT2D eigenvalue weighted by atomic mass is 16.5. The first-order valence-corrected chi connectivity index (χ1v) is 8.10.